The van der Waals surface area contributed by atoms with Gasteiger partial charge in [0.2, 0.25) is 5.91 Å². The first-order chi connectivity index (χ1) is 16.0. The average molecular weight is 497 g/mol. The zero-order chi connectivity index (χ0) is 22.9. The van der Waals surface area contributed by atoms with Gasteiger partial charge >= 0.3 is 0 Å². The van der Waals surface area contributed by atoms with Crippen LogP contribution in [0.25, 0.3) is 15.9 Å². The lowest BCUT2D eigenvalue weighted by Gasteiger charge is -2.17. The molecule has 0 saturated heterocycles. The van der Waals surface area contributed by atoms with E-state index in [0.29, 0.717) is 21.9 Å². The molecule has 1 aromatic carbocycles. The second-order valence-corrected chi connectivity index (χ2v) is 10.6. The van der Waals surface area contributed by atoms with Crippen LogP contribution < -0.4 is 10.9 Å². The second kappa shape index (κ2) is 9.29. The summed E-state index contributed by atoms with van der Waals surface area (Å²) in [6.07, 6.45) is 4.45. The van der Waals surface area contributed by atoms with Crippen LogP contribution in [-0.2, 0) is 17.6 Å². The van der Waals surface area contributed by atoms with E-state index in [1.54, 1.807) is 28.0 Å². The maximum Gasteiger partial charge on any atom is 0.267 e. The number of para-hydroxylation sites is 1. The van der Waals surface area contributed by atoms with E-state index in [9.17, 15) is 9.59 Å². The largest absolute Gasteiger partial charge is 0.310 e. The van der Waals surface area contributed by atoms with Gasteiger partial charge in [-0.3, -0.25) is 14.2 Å². The number of nitrogens with zero attached hydrogens (tertiary/aromatic N) is 3. The van der Waals surface area contributed by atoms with Crippen LogP contribution in [0.1, 0.15) is 23.8 Å². The lowest BCUT2D eigenvalue weighted by atomic mass is 9.89. The standard InChI is InChI=1S/C24H21ClN4O2S2/c1-14-7-9-17-18(11-14)33-22-21(17)23(31)29(16-5-3-2-4-6-16)24(28-22)32-13-20(30)27-19-10-8-15(25)12-26-19/h2-6,8,10,12,14H,7,9,11,13H2,1H3,(H,26,27,30). The molecule has 9 heteroatoms. The number of pyridine rings is 1. The molecule has 0 aliphatic heterocycles. The molecule has 33 heavy (non-hydrogen) atoms. The summed E-state index contributed by atoms with van der Waals surface area (Å²) in [6.45, 7) is 2.25. The molecule has 5 rings (SSSR count). The Morgan fingerprint density at radius 2 is 2.09 bits per heavy atom. The van der Waals surface area contributed by atoms with Crippen molar-refractivity contribution < 1.29 is 4.79 Å². The van der Waals surface area contributed by atoms with Gasteiger partial charge in [-0.15, -0.1) is 11.3 Å². The maximum absolute atomic E-state index is 13.7. The third-order valence-electron chi connectivity index (χ3n) is 5.64. The fourth-order valence-electron chi connectivity index (χ4n) is 4.03. The maximum atomic E-state index is 13.7. The van der Waals surface area contributed by atoms with Crippen molar-refractivity contribution in [3.05, 3.63) is 74.5 Å². The molecule has 1 aliphatic rings. The summed E-state index contributed by atoms with van der Waals surface area (Å²) in [7, 11) is 0. The molecule has 1 aliphatic carbocycles. The van der Waals surface area contributed by atoms with Crippen LogP contribution in [0, 0.1) is 5.92 Å². The van der Waals surface area contributed by atoms with Crippen LogP contribution >= 0.6 is 34.7 Å². The Hall–Kier alpha value is -2.68. The minimum Gasteiger partial charge on any atom is -0.310 e. The van der Waals surface area contributed by atoms with Gasteiger partial charge in [0.05, 0.1) is 21.8 Å². The topological polar surface area (TPSA) is 76.9 Å². The predicted octanol–water partition coefficient (Wildman–Crippen LogP) is 5.35. The van der Waals surface area contributed by atoms with Gasteiger partial charge in [-0.1, -0.05) is 48.5 Å². The van der Waals surface area contributed by atoms with Crippen LogP contribution in [0.15, 0.2) is 58.6 Å². The van der Waals surface area contributed by atoms with Crippen LogP contribution in [0.4, 0.5) is 5.82 Å². The summed E-state index contributed by atoms with van der Waals surface area (Å²) in [5.74, 6) is 0.898. The molecule has 6 nitrogen and oxygen atoms in total. The van der Waals surface area contributed by atoms with Gasteiger partial charge in [0, 0.05) is 11.1 Å². The monoisotopic (exact) mass is 496 g/mol. The number of amides is 1. The van der Waals surface area contributed by atoms with Gasteiger partial charge in [-0.05, 0) is 55.0 Å². The minimum absolute atomic E-state index is 0.0690. The van der Waals surface area contributed by atoms with E-state index in [4.69, 9.17) is 16.6 Å². The SMILES string of the molecule is CC1CCc2c(sc3nc(SCC(=O)Nc4ccc(Cl)cn4)n(-c4ccccc4)c(=O)c23)C1. The summed E-state index contributed by atoms with van der Waals surface area (Å²) >= 11 is 8.71. The smallest absolute Gasteiger partial charge is 0.267 e. The summed E-state index contributed by atoms with van der Waals surface area (Å²) in [4.78, 5) is 37.3. The van der Waals surface area contributed by atoms with Crippen molar-refractivity contribution in [1.82, 2.24) is 14.5 Å². The highest BCUT2D eigenvalue weighted by molar-refractivity contribution is 7.99. The molecule has 1 N–H and O–H groups in total. The Balaban J connectivity index is 1.51. The number of aromatic nitrogens is 3. The Labute approximate surface area is 204 Å². The van der Waals surface area contributed by atoms with Crippen molar-refractivity contribution in [3.63, 3.8) is 0 Å². The fraction of sp³-hybridized carbons (Fsp3) is 0.250. The number of aryl methyl sites for hydroxylation is 1. The number of rotatable bonds is 5. The molecule has 1 amide bonds. The van der Waals surface area contributed by atoms with Gasteiger partial charge in [-0.2, -0.15) is 0 Å². The number of carbonyl (C=O) groups excluding carboxylic acids is 1. The first kappa shape index (κ1) is 22.1. The first-order valence-corrected chi connectivity index (χ1v) is 12.8. The van der Waals surface area contributed by atoms with Gasteiger partial charge in [0.25, 0.3) is 5.56 Å². The highest BCUT2D eigenvalue weighted by Crippen LogP contribution is 2.37. The van der Waals surface area contributed by atoms with Crippen LogP contribution in [0.5, 0.6) is 0 Å². The number of carbonyl (C=O) groups is 1. The number of thiophene rings is 1. The van der Waals surface area contributed by atoms with E-state index in [1.807, 2.05) is 30.3 Å². The van der Waals surface area contributed by atoms with Crippen molar-refractivity contribution in [1.29, 1.82) is 0 Å². The van der Waals surface area contributed by atoms with E-state index >= 15 is 0 Å². The lowest BCUT2D eigenvalue weighted by molar-refractivity contribution is -0.113. The summed E-state index contributed by atoms with van der Waals surface area (Å²) in [5, 5.41) is 4.48. The molecule has 0 bridgehead atoms. The lowest BCUT2D eigenvalue weighted by Crippen LogP contribution is -2.23. The van der Waals surface area contributed by atoms with E-state index in [0.717, 1.165) is 40.7 Å². The van der Waals surface area contributed by atoms with Crippen molar-refractivity contribution in [2.75, 3.05) is 11.1 Å². The predicted molar refractivity (Wildman–Crippen MR) is 135 cm³/mol. The summed E-state index contributed by atoms with van der Waals surface area (Å²) in [6, 6.07) is 12.8. The zero-order valence-corrected chi connectivity index (χ0v) is 20.3. The highest BCUT2D eigenvalue weighted by Gasteiger charge is 2.25. The molecule has 0 saturated carbocycles. The first-order valence-electron chi connectivity index (χ1n) is 10.7. The highest BCUT2D eigenvalue weighted by atomic mass is 35.5. The van der Waals surface area contributed by atoms with Crippen molar-refractivity contribution >= 4 is 56.6 Å². The van der Waals surface area contributed by atoms with Crippen LogP contribution in [0.3, 0.4) is 0 Å². The molecule has 1 unspecified atom stereocenters. The van der Waals surface area contributed by atoms with Crippen molar-refractivity contribution in [2.24, 2.45) is 5.92 Å². The van der Waals surface area contributed by atoms with Crippen LogP contribution in [0.2, 0.25) is 5.02 Å². The van der Waals surface area contributed by atoms with Crippen molar-refractivity contribution in [3.8, 4) is 5.69 Å². The average Bonchev–Trinajstić information content (AvgIpc) is 3.17. The molecule has 168 valence electrons. The summed E-state index contributed by atoms with van der Waals surface area (Å²) in [5.41, 5.74) is 1.82. The number of nitrogens with one attached hydrogen (secondary N) is 1. The molecule has 0 spiro atoms. The molecule has 0 fully saturated rings. The number of benzene rings is 1. The van der Waals surface area contributed by atoms with Crippen molar-refractivity contribution in [2.45, 2.75) is 31.3 Å². The third kappa shape index (κ3) is 4.55. The number of hydrogen-bond acceptors (Lipinski definition) is 6. The third-order valence-corrected chi connectivity index (χ3v) is 7.95. The number of hydrogen-bond donors (Lipinski definition) is 1. The fourth-order valence-corrected chi connectivity index (χ4v) is 6.38. The normalized spacial score (nSPS) is 15.4. The molecule has 4 aromatic rings. The quantitative estimate of drug-likeness (QED) is 0.297. The Bertz CT molecular complexity index is 1380. The molecule has 3 heterocycles. The number of thioether (sulfide) groups is 1. The van der Waals surface area contributed by atoms with Gasteiger partial charge in [0.15, 0.2) is 5.16 Å². The second-order valence-electron chi connectivity index (χ2n) is 8.10. The molecular formula is C24H21ClN4O2S2. The molecule has 1 atom stereocenters. The van der Waals surface area contributed by atoms with E-state index in [1.165, 1.54) is 22.8 Å². The van der Waals surface area contributed by atoms with Crippen LogP contribution in [-0.4, -0.2) is 26.2 Å². The number of halogens is 1. The number of anilines is 1. The summed E-state index contributed by atoms with van der Waals surface area (Å²) < 4.78 is 1.63. The Kier molecular flexibility index (Phi) is 6.23. The van der Waals surface area contributed by atoms with E-state index in [-0.39, 0.29) is 17.2 Å². The molecule has 0 radical (unpaired) electrons. The molecule has 3 aromatic heterocycles. The van der Waals surface area contributed by atoms with E-state index in [2.05, 4.69) is 17.2 Å². The molecular weight excluding hydrogens is 476 g/mol. The van der Waals surface area contributed by atoms with Gasteiger partial charge in [0.1, 0.15) is 10.6 Å². The zero-order valence-electron chi connectivity index (χ0n) is 17.9. The van der Waals surface area contributed by atoms with Gasteiger partial charge in [-0.25, -0.2) is 9.97 Å². The van der Waals surface area contributed by atoms with E-state index < -0.39 is 0 Å². The Morgan fingerprint density at radius 1 is 1.27 bits per heavy atom. The Morgan fingerprint density at radius 3 is 2.85 bits per heavy atom. The minimum atomic E-state index is -0.233. The number of fused-ring (bicyclic) bond motifs is 3. The van der Waals surface area contributed by atoms with Gasteiger partial charge < -0.3 is 5.32 Å².